The zero-order valence-electron chi connectivity index (χ0n) is 16.4. The number of allylic oxidation sites excluding steroid dienone is 1. The van der Waals surface area contributed by atoms with Gasteiger partial charge in [-0.15, -0.1) is 0 Å². The van der Waals surface area contributed by atoms with E-state index in [4.69, 9.17) is 9.47 Å². The lowest BCUT2D eigenvalue weighted by Gasteiger charge is -2.13. The molecule has 1 saturated heterocycles. The van der Waals surface area contributed by atoms with Crippen molar-refractivity contribution in [3.05, 3.63) is 94.8 Å². The third-order valence-electron chi connectivity index (χ3n) is 5.64. The summed E-state index contributed by atoms with van der Waals surface area (Å²) < 4.78 is 39.6. The molecule has 30 heavy (non-hydrogen) atoms. The van der Waals surface area contributed by atoms with E-state index in [1.165, 1.54) is 12.1 Å². The van der Waals surface area contributed by atoms with Crippen LogP contribution in [0.15, 0.2) is 60.9 Å². The minimum Gasteiger partial charge on any atom is -0.491 e. The van der Waals surface area contributed by atoms with E-state index in [-0.39, 0.29) is 6.10 Å². The normalized spacial score (nSPS) is 18.0. The number of aromatic nitrogens is 1. The molecule has 2 aromatic carbocycles. The molecule has 0 saturated carbocycles. The van der Waals surface area contributed by atoms with Crippen LogP contribution in [0.1, 0.15) is 35.1 Å². The van der Waals surface area contributed by atoms with Crippen LogP contribution in [0.4, 0.5) is 8.78 Å². The molecule has 0 amide bonds. The molecule has 0 spiro atoms. The lowest BCUT2D eigenvalue weighted by atomic mass is 9.95. The van der Waals surface area contributed by atoms with Crippen LogP contribution in [0, 0.1) is 11.6 Å². The molecule has 1 aliphatic carbocycles. The first-order chi connectivity index (χ1) is 14.7. The van der Waals surface area contributed by atoms with Gasteiger partial charge in [-0.2, -0.15) is 0 Å². The smallest absolute Gasteiger partial charge is 0.126 e. The minimum absolute atomic E-state index is 0.146. The summed E-state index contributed by atoms with van der Waals surface area (Å²) in [6.07, 6.45) is 6.38. The van der Waals surface area contributed by atoms with Crippen molar-refractivity contribution in [2.24, 2.45) is 0 Å². The molecule has 2 heterocycles. The molecule has 1 aromatic heterocycles. The number of ether oxygens (including phenoxy) is 2. The Bertz CT molecular complexity index is 1090. The summed E-state index contributed by atoms with van der Waals surface area (Å²) >= 11 is 0. The van der Waals surface area contributed by atoms with E-state index in [2.05, 4.69) is 4.98 Å². The lowest BCUT2D eigenvalue weighted by Crippen LogP contribution is -2.16. The second kappa shape index (κ2) is 8.00. The second-order valence-electron chi connectivity index (χ2n) is 7.70. The van der Waals surface area contributed by atoms with Gasteiger partial charge in [-0.05, 0) is 83.0 Å². The van der Waals surface area contributed by atoms with Gasteiger partial charge in [-0.1, -0.05) is 12.1 Å². The third kappa shape index (κ3) is 3.73. The summed E-state index contributed by atoms with van der Waals surface area (Å²) in [7, 11) is 0. The lowest BCUT2D eigenvalue weighted by molar-refractivity contribution is 0.0679. The van der Waals surface area contributed by atoms with E-state index in [0.29, 0.717) is 18.6 Å². The molecule has 3 aromatic rings. The fraction of sp³-hybridized carbons (Fsp3) is 0.240. The second-order valence-corrected chi connectivity index (χ2v) is 7.70. The topological polar surface area (TPSA) is 31.4 Å². The Morgan fingerprint density at radius 3 is 2.63 bits per heavy atom. The van der Waals surface area contributed by atoms with Crippen LogP contribution >= 0.6 is 0 Å². The number of rotatable bonds is 5. The van der Waals surface area contributed by atoms with Gasteiger partial charge in [0.15, 0.2) is 0 Å². The summed E-state index contributed by atoms with van der Waals surface area (Å²) in [5, 5.41) is 0. The number of pyridine rings is 1. The number of fused-ring (bicyclic) bond motifs is 1. The van der Waals surface area contributed by atoms with E-state index in [1.54, 1.807) is 12.4 Å². The molecule has 1 unspecified atom stereocenters. The van der Waals surface area contributed by atoms with Crippen LogP contribution in [-0.2, 0) is 11.2 Å². The number of nitrogens with zero attached hydrogens (tertiary/aromatic N) is 1. The Hall–Kier alpha value is -3.05. The van der Waals surface area contributed by atoms with E-state index in [9.17, 15) is 8.78 Å². The average molecular weight is 405 g/mol. The monoisotopic (exact) mass is 405 g/mol. The van der Waals surface area contributed by atoms with Gasteiger partial charge in [0, 0.05) is 25.1 Å². The molecule has 0 N–H and O–H groups in total. The van der Waals surface area contributed by atoms with Crippen LogP contribution < -0.4 is 4.74 Å². The number of hydrogen-bond acceptors (Lipinski definition) is 3. The van der Waals surface area contributed by atoms with Crippen LogP contribution in [0.5, 0.6) is 5.75 Å². The van der Waals surface area contributed by atoms with Crippen LogP contribution in [-0.4, -0.2) is 24.3 Å². The highest BCUT2D eigenvalue weighted by Gasteiger charge is 2.25. The molecule has 3 nitrogen and oxygen atoms in total. The molecule has 0 radical (unpaired) electrons. The van der Waals surface area contributed by atoms with Crippen molar-refractivity contribution in [1.82, 2.24) is 4.98 Å². The Kier molecular flexibility index (Phi) is 5.05. The van der Waals surface area contributed by atoms with Gasteiger partial charge >= 0.3 is 0 Å². The van der Waals surface area contributed by atoms with Crippen molar-refractivity contribution < 1.29 is 18.3 Å². The molecule has 1 atom stereocenters. The predicted octanol–water partition coefficient (Wildman–Crippen LogP) is 5.43. The van der Waals surface area contributed by atoms with Crippen molar-refractivity contribution in [2.45, 2.75) is 25.4 Å². The molecular weight excluding hydrogens is 384 g/mol. The third-order valence-corrected chi connectivity index (χ3v) is 5.64. The van der Waals surface area contributed by atoms with Gasteiger partial charge in [-0.25, -0.2) is 8.78 Å². The standard InChI is InChI=1S/C25H21F2NO2/c26-19-9-18(10-20(27)13-19)25-23-6-5-21(30-15-22-4-2-8-29-22)11-17(23)12-24(25)16-3-1-7-28-14-16/h1,3,5-7,9-11,13-14,22H,2,4,8,12,15H2. The van der Waals surface area contributed by atoms with Crippen LogP contribution in [0.25, 0.3) is 11.1 Å². The van der Waals surface area contributed by atoms with Crippen molar-refractivity contribution in [3.63, 3.8) is 0 Å². The molecule has 2 aliphatic rings. The Labute approximate surface area is 174 Å². The van der Waals surface area contributed by atoms with Crippen molar-refractivity contribution in [2.75, 3.05) is 13.2 Å². The van der Waals surface area contributed by atoms with E-state index >= 15 is 0 Å². The molecule has 152 valence electrons. The van der Waals surface area contributed by atoms with E-state index in [1.807, 2.05) is 30.3 Å². The maximum Gasteiger partial charge on any atom is 0.126 e. The molecule has 1 fully saturated rings. The number of hydrogen-bond donors (Lipinski definition) is 0. The fourth-order valence-corrected chi connectivity index (χ4v) is 4.27. The maximum absolute atomic E-state index is 14.0. The highest BCUT2D eigenvalue weighted by Crippen LogP contribution is 2.43. The van der Waals surface area contributed by atoms with Crippen LogP contribution in [0.3, 0.4) is 0 Å². The minimum atomic E-state index is -0.590. The molecule has 5 heteroatoms. The summed E-state index contributed by atoms with van der Waals surface area (Å²) in [6, 6.07) is 13.4. The Morgan fingerprint density at radius 1 is 1.03 bits per heavy atom. The number of benzene rings is 2. The summed E-state index contributed by atoms with van der Waals surface area (Å²) in [5.41, 5.74) is 5.33. The molecular formula is C25H21F2NO2. The zero-order chi connectivity index (χ0) is 20.5. The van der Waals surface area contributed by atoms with Gasteiger partial charge in [0.2, 0.25) is 0 Å². The number of halogens is 2. The quantitative estimate of drug-likeness (QED) is 0.567. The zero-order valence-corrected chi connectivity index (χ0v) is 16.4. The largest absolute Gasteiger partial charge is 0.491 e. The van der Waals surface area contributed by atoms with Gasteiger partial charge in [-0.3, -0.25) is 4.98 Å². The Morgan fingerprint density at radius 2 is 1.90 bits per heavy atom. The van der Waals surface area contributed by atoms with Crippen molar-refractivity contribution >= 4 is 11.1 Å². The highest BCUT2D eigenvalue weighted by molar-refractivity contribution is 6.03. The highest BCUT2D eigenvalue weighted by atomic mass is 19.1. The molecule has 0 bridgehead atoms. The first-order valence-corrected chi connectivity index (χ1v) is 10.1. The van der Waals surface area contributed by atoms with Crippen LogP contribution in [0.2, 0.25) is 0 Å². The Balaban J connectivity index is 1.53. The summed E-state index contributed by atoms with van der Waals surface area (Å²) in [4.78, 5) is 4.23. The van der Waals surface area contributed by atoms with Crippen molar-refractivity contribution in [3.8, 4) is 5.75 Å². The summed E-state index contributed by atoms with van der Waals surface area (Å²) in [5.74, 6) is -0.400. The van der Waals surface area contributed by atoms with Gasteiger partial charge in [0.25, 0.3) is 0 Å². The van der Waals surface area contributed by atoms with E-state index < -0.39 is 11.6 Å². The molecule has 5 rings (SSSR count). The summed E-state index contributed by atoms with van der Waals surface area (Å²) in [6.45, 7) is 1.33. The van der Waals surface area contributed by atoms with Gasteiger partial charge in [0.05, 0.1) is 6.10 Å². The first kappa shape index (κ1) is 18.9. The van der Waals surface area contributed by atoms with Crippen molar-refractivity contribution in [1.29, 1.82) is 0 Å². The molecule has 1 aliphatic heterocycles. The fourth-order valence-electron chi connectivity index (χ4n) is 4.27. The van der Waals surface area contributed by atoms with Gasteiger partial charge < -0.3 is 9.47 Å². The van der Waals surface area contributed by atoms with Gasteiger partial charge in [0.1, 0.15) is 24.0 Å². The van der Waals surface area contributed by atoms with E-state index in [0.717, 1.165) is 59.1 Å². The average Bonchev–Trinajstić information content (AvgIpc) is 3.39. The predicted molar refractivity (Wildman–Crippen MR) is 111 cm³/mol. The first-order valence-electron chi connectivity index (χ1n) is 10.1. The maximum atomic E-state index is 14.0. The SMILES string of the molecule is Fc1cc(F)cc(C2=C(c3cccnc3)Cc3cc(OCC4CCCO4)ccc32)c1.